The highest BCUT2D eigenvalue weighted by Crippen LogP contribution is 2.45. The zero-order valence-electron chi connectivity index (χ0n) is 12.0. The van der Waals surface area contributed by atoms with Gasteiger partial charge in [-0.2, -0.15) is 0 Å². The molecule has 1 aliphatic carbocycles. The fourth-order valence-corrected chi connectivity index (χ4v) is 3.78. The molecule has 2 rings (SSSR count). The summed E-state index contributed by atoms with van der Waals surface area (Å²) in [7, 11) is 0.795. The average Bonchev–Trinajstić information content (AvgIpc) is 3.11. The first-order valence-corrected chi connectivity index (χ1v) is 7.81. The van der Waals surface area contributed by atoms with Crippen molar-refractivity contribution in [3.8, 4) is 0 Å². The van der Waals surface area contributed by atoms with Gasteiger partial charge in [0.2, 0.25) is 0 Å². The summed E-state index contributed by atoms with van der Waals surface area (Å²) < 4.78 is 27.6. The van der Waals surface area contributed by atoms with Crippen LogP contribution >= 0.6 is 0 Å². The number of nitrogens with zero attached hydrogens (tertiary/aromatic N) is 1. The van der Waals surface area contributed by atoms with Crippen molar-refractivity contribution in [2.45, 2.75) is 44.4 Å². The Morgan fingerprint density at radius 1 is 1.37 bits per heavy atom. The largest absolute Gasteiger partial charge is 0.242 e. The van der Waals surface area contributed by atoms with Crippen molar-refractivity contribution < 1.29 is 8.60 Å². The second-order valence-electron chi connectivity index (χ2n) is 6.24. The minimum Gasteiger partial charge on any atom is -0.242 e. The molecule has 0 spiro atoms. The van der Waals surface area contributed by atoms with Crippen LogP contribution in [0.4, 0.5) is 4.39 Å². The Morgan fingerprint density at radius 3 is 2.47 bits per heavy atom. The van der Waals surface area contributed by atoms with Gasteiger partial charge in [0.1, 0.15) is 16.8 Å². The molecule has 1 aliphatic rings. The Bertz CT molecular complexity index is 479. The molecule has 106 valence electrons. The third-order valence-corrected chi connectivity index (χ3v) is 5.23. The Kier molecular flexibility index (Phi) is 4.11. The van der Waals surface area contributed by atoms with Crippen LogP contribution in [0.1, 0.15) is 45.2 Å². The number of halogens is 1. The van der Waals surface area contributed by atoms with Crippen LogP contribution < -0.4 is 0 Å². The van der Waals surface area contributed by atoms with E-state index in [4.69, 9.17) is 0 Å². The lowest BCUT2D eigenvalue weighted by Crippen LogP contribution is -2.38. The summed E-state index contributed by atoms with van der Waals surface area (Å²) in [5.74, 6) is 0.274. The minimum atomic E-state index is -1.09. The number of hydrogen-bond donors (Lipinski definition) is 0. The Balaban J connectivity index is 2.28. The highest BCUT2D eigenvalue weighted by molar-refractivity contribution is 7.84. The van der Waals surface area contributed by atoms with Crippen molar-refractivity contribution in [1.29, 1.82) is 0 Å². The van der Waals surface area contributed by atoms with Gasteiger partial charge in [0.15, 0.2) is 0 Å². The molecule has 0 bridgehead atoms. The molecule has 0 radical (unpaired) electrons. The van der Waals surface area contributed by atoms with Crippen molar-refractivity contribution in [2.75, 3.05) is 7.05 Å². The molecule has 1 aromatic carbocycles. The summed E-state index contributed by atoms with van der Waals surface area (Å²) in [6, 6.07) is 6.74. The Labute approximate surface area is 117 Å². The number of benzene rings is 1. The van der Waals surface area contributed by atoms with E-state index in [1.807, 2.05) is 38.2 Å². The van der Waals surface area contributed by atoms with Crippen molar-refractivity contribution in [3.05, 3.63) is 35.6 Å². The third kappa shape index (κ3) is 3.42. The minimum absolute atomic E-state index is 0.0516. The van der Waals surface area contributed by atoms with E-state index in [0.717, 1.165) is 18.4 Å². The van der Waals surface area contributed by atoms with Crippen LogP contribution in [0.15, 0.2) is 24.3 Å². The van der Waals surface area contributed by atoms with Gasteiger partial charge in [-0.1, -0.05) is 12.1 Å². The second kappa shape index (κ2) is 5.33. The van der Waals surface area contributed by atoms with Gasteiger partial charge in [-0.15, -0.1) is 0 Å². The maximum absolute atomic E-state index is 13.4. The molecular weight excluding hydrogens is 261 g/mol. The molecule has 1 fully saturated rings. The molecule has 19 heavy (non-hydrogen) atoms. The second-order valence-corrected chi connectivity index (χ2v) is 8.54. The van der Waals surface area contributed by atoms with Crippen LogP contribution in [0.25, 0.3) is 0 Å². The van der Waals surface area contributed by atoms with E-state index in [9.17, 15) is 8.60 Å². The van der Waals surface area contributed by atoms with Crippen LogP contribution in [0.5, 0.6) is 0 Å². The quantitative estimate of drug-likeness (QED) is 0.825. The van der Waals surface area contributed by atoms with E-state index in [0.29, 0.717) is 5.92 Å². The standard InChI is InChI=1S/C15H22FNOS/c1-15(2,3)19(18)17(4)14(11-8-9-11)12-6-5-7-13(16)10-12/h5-7,10-11,14H,8-9H2,1-4H3/t14?,19-/m1/s1. The van der Waals surface area contributed by atoms with Crippen molar-refractivity contribution in [1.82, 2.24) is 4.31 Å². The summed E-state index contributed by atoms with van der Waals surface area (Å²) in [4.78, 5) is 0. The molecule has 1 unspecified atom stereocenters. The monoisotopic (exact) mass is 283 g/mol. The predicted octanol–water partition coefficient (Wildman–Crippen LogP) is 3.67. The van der Waals surface area contributed by atoms with Crippen molar-refractivity contribution >= 4 is 11.0 Å². The van der Waals surface area contributed by atoms with E-state index in [2.05, 4.69) is 0 Å². The molecule has 2 atom stereocenters. The zero-order valence-corrected chi connectivity index (χ0v) is 12.8. The summed E-state index contributed by atoms with van der Waals surface area (Å²) in [6.07, 6.45) is 2.26. The molecular formula is C15H22FNOS. The van der Waals surface area contributed by atoms with Crippen LogP contribution in [0, 0.1) is 11.7 Å². The van der Waals surface area contributed by atoms with E-state index < -0.39 is 11.0 Å². The lowest BCUT2D eigenvalue weighted by molar-refractivity contribution is 0.353. The van der Waals surface area contributed by atoms with E-state index >= 15 is 0 Å². The van der Waals surface area contributed by atoms with Gasteiger partial charge in [0.25, 0.3) is 0 Å². The Morgan fingerprint density at radius 2 is 2.00 bits per heavy atom. The van der Waals surface area contributed by atoms with Gasteiger partial charge in [0, 0.05) is 7.05 Å². The first-order valence-electron chi connectivity index (χ1n) is 6.71. The van der Waals surface area contributed by atoms with Gasteiger partial charge in [-0.3, -0.25) is 0 Å². The highest BCUT2D eigenvalue weighted by atomic mass is 32.2. The Hall–Kier alpha value is -0.740. The fraction of sp³-hybridized carbons (Fsp3) is 0.600. The molecule has 0 N–H and O–H groups in total. The van der Waals surface area contributed by atoms with Crippen LogP contribution in [-0.2, 0) is 11.0 Å². The molecule has 4 heteroatoms. The molecule has 0 aromatic heterocycles. The summed E-state index contributed by atoms with van der Waals surface area (Å²) >= 11 is 0. The fourth-order valence-electron chi connectivity index (χ4n) is 2.42. The molecule has 0 aliphatic heterocycles. The molecule has 0 saturated heterocycles. The van der Waals surface area contributed by atoms with Crippen LogP contribution in [-0.4, -0.2) is 20.3 Å². The first-order chi connectivity index (χ1) is 8.80. The van der Waals surface area contributed by atoms with E-state index in [-0.39, 0.29) is 16.6 Å². The van der Waals surface area contributed by atoms with Crippen molar-refractivity contribution in [2.24, 2.45) is 5.92 Å². The van der Waals surface area contributed by atoms with Gasteiger partial charge in [-0.05, 0) is 57.2 Å². The van der Waals surface area contributed by atoms with Gasteiger partial charge in [-0.25, -0.2) is 12.9 Å². The third-order valence-electron chi connectivity index (χ3n) is 3.44. The zero-order chi connectivity index (χ0) is 14.2. The summed E-state index contributed by atoms with van der Waals surface area (Å²) in [5, 5.41) is 0. The van der Waals surface area contributed by atoms with Gasteiger partial charge >= 0.3 is 0 Å². The van der Waals surface area contributed by atoms with Gasteiger partial charge < -0.3 is 0 Å². The highest BCUT2D eigenvalue weighted by Gasteiger charge is 2.39. The topological polar surface area (TPSA) is 20.3 Å². The smallest absolute Gasteiger partial charge is 0.123 e. The average molecular weight is 283 g/mol. The van der Waals surface area contributed by atoms with E-state index in [1.165, 1.54) is 6.07 Å². The lowest BCUT2D eigenvalue weighted by atomic mass is 10.0. The molecule has 1 saturated carbocycles. The van der Waals surface area contributed by atoms with Crippen LogP contribution in [0.3, 0.4) is 0 Å². The number of rotatable bonds is 4. The van der Waals surface area contributed by atoms with Crippen molar-refractivity contribution in [3.63, 3.8) is 0 Å². The number of hydrogen-bond acceptors (Lipinski definition) is 1. The van der Waals surface area contributed by atoms with Crippen LogP contribution in [0.2, 0.25) is 0 Å². The van der Waals surface area contributed by atoms with E-state index in [1.54, 1.807) is 12.1 Å². The maximum Gasteiger partial charge on any atom is 0.123 e. The first kappa shape index (κ1) is 14.7. The summed E-state index contributed by atoms with van der Waals surface area (Å²) in [6.45, 7) is 5.90. The van der Waals surface area contributed by atoms with Gasteiger partial charge in [0.05, 0.1) is 10.8 Å². The normalized spacial score (nSPS) is 19.5. The summed E-state index contributed by atoms with van der Waals surface area (Å²) in [5.41, 5.74) is 0.933. The molecule has 0 heterocycles. The molecule has 1 aromatic rings. The maximum atomic E-state index is 13.4. The SMILES string of the molecule is CN(C(c1cccc(F)c1)C1CC1)[S@](=O)C(C)(C)C. The lowest BCUT2D eigenvalue weighted by Gasteiger charge is -2.32. The molecule has 2 nitrogen and oxygen atoms in total. The predicted molar refractivity (Wildman–Crippen MR) is 77.5 cm³/mol. The molecule has 0 amide bonds.